The van der Waals surface area contributed by atoms with Crippen molar-refractivity contribution in [3.63, 3.8) is 0 Å². The quantitative estimate of drug-likeness (QED) is 0.736. The highest BCUT2D eigenvalue weighted by molar-refractivity contribution is 6.07. The first-order valence-electron chi connectivity index (χ1n) is 7.44. The third kappa shape index (κ3) is 3.29. The van der Waals surface area contributed by atoms with Crippen molar-refractivity contribution in [3.8, 4) is 0 Å². The number of nitrogens with one attached hydrogen (secondary N) is 1. The molecule has 5 heteroatoms. The number of para-hydroxylation sites is 1. The molecule has 0 aliphatic rings. The molecule has 116 valence electrons. The van der Waals surface area contributed by atoms with Crippen molar-refractivity contribution in [1.29, 1.82) is 0 Å². The smallest absolute Gasteiger partial charge is 0.226 e. The van der Waals surface area contributed by atoms with Crippen LogP contribution in [0, 0.1) is 0 Å². The average molecular weight is 307 g/mol. The van der Waals surface area contributed by atoms with Crippen LogP contribution in [0.25, 0.3) is 10.9 Å². The third-order valence-corrected chi connectivity index (χ3v) is 3.71. The Morgan fingerprint density at radius 3 is 2.61 bits per heavy atom. The zero-order valence-corrected chi connectivity index (χ0v) is 12.8. The Hall–Kier alpha value is -2.95. The fraction of sp³-hybridized carbons (Fsp3) is 0.167. The van der Waals surface area contributed by atoms with E-state index in [-0.39, 0.29) is 11.7 Å². The zero-order valence-electron chi connectivity index (χ0n) is 12.8. The van der Waals surface area contributed by atoms with Gasteiger partial charge >= 0.3 is 0 Å². The van der Waals surface area contributed by atoms with Gasteiger partial charge < -0.3 is 9.88 Å². The number of aryl methyl sites for hydroxylation is 1. The summed E-state index contributed by atoms with van der Waals surface area (Å²) >= 11 is 0. The molecule has 0 bridgehead atoms. The second kappa shape index (κ2) is 6.44. The van der Waals surface area contributed by atoms with Gasteiger partial charge in [-0.05, 0) is 25.1 Å². The van der Waals surface area contributed by atoms with Crippen molar-refractivity contribution >= 4 is 28.3 Å². The molecule has 0 radical (unpaired) electrons. The minimum Gasteiger partial charge on any atom is -0.346 e. The van der Waals surface area contributed by atoms with Gasteiger partial charge in [-0.3, -0.25) is 14.6 Å². The number of rotatable bonds is 5. The van der Waals surface area contributed by atoms with E-state index in [2.05, 4.69) is 10.3 Å². The number of aromatic nitrogens is 2. The highest BCUT2D eigenvalue weighted by Crippen LogP contribution is 2.22. The molecule has 0 spiro atoms. The van der Waals surface area contributed by atoms with Crippen LogP contribution < -0.4 is 5.32 Å². The van der Waals surface area contributed by atoms with Crippen LogP contribution in [0.15, 0.2) is 55.0 Å². The van der Waals surface area contributed by atoms with E-state index in [0.29, 0.717) is 18.5 Å². The molecule has 1 amide bonds. The van der Waals surface area contributed by atoms with Gasteiger partial charge in [0.25, 0.3) is 0 Å². The van der Waals surface area contributed by atoms with Crippen LogP contribution in [0.2, 0.25) is 0 Å². The SMILES string of the molecule is CC(=O)c1cn(CCC(=O)Nc2ccncc2)c2ccccc12. The van der Waals surface area contributed by atoms with E-state index in [1.807, 2.05) is 35.0 Å². The summed E-state index contributed by atoms with van der Waals surface area (Å²) < 4.78 is 1.96. The number of carbonyl (C=O) groups is 2. The van der Waals surface area contributed by atoms with E-state index in [9.17, 15) is 9.59 Å². The third-order valence-electron chi connectivity index (χ3n) is 3.71. The van der Waals surface area contributed by atoms with Gasteiger partial charge in [0, 0.05) is 53.7 Å². The lowest BCUT2D eigenvalue weighted by atomic mass is 10.1. The molecule has 0 aliphatic heterocycles. The molecule has 23 heavy (non-hydrogen) atoms. The predicted molar refractivity (Wildman–Crippen MR) is 89.4 cm³/mol. The summed E-state index contributed by atoms with van der Waals surface area (Å²) in [6, 6.07) is 11.2. The molecule has 0 atom stereocenters. The van der Waals surface area contributed by atoms with Crippen molar-refractivity contribution in [2.75, 3.05) is 5.32 Å². The summed E-state index contributed by atoms with van der Waals surface area (Å²) in [5, 5.41) is 3.76. The lowest BCUT2D eigenvalue weighted by Crippen LogP contribution is -2.14. The van der Waals surface area contributed by atoms with E-state index in [4.69, 9.17) is 0 Å². The highest BCUT2D eigenvalue weighted by atomic mass is 16.1. The number of Topliss-reactive ketones (excluding diaryl/α,β-unsaturated/α-hetero) is 1. The van der Waals surface area contributed by atoms with Crippen LogP contribution in [0.4, 0.5) is 5.69 Å². The van der Waals surface area contributed by atoms with E-state index in [1.54, 1.807) is 31.5 Å². The Morgan fingerprint density at radius 2 is 1.87 bits per heavy atom. The molecule has 0 saturated heterocycles. The van der Waals surface area contributed by atoms with Crippen molar-refractivity contribution in [2.24, 2.45) is 0 Å². The number of fused-ring (bicyclic) bond motifs is 1. The molecular weight excluding hydrogens is 290 g/mol. The van der Waals surface area contributed by atoms with Crippen molar-refractivity contribution < 1.29 is 9.59 Å². The van der Waals surface area contributed by atoms with Gasteiger partial charge in [0.05, 0.1) is 0 Å². The number of hydrogen-bond donors (Lipinski definition) is 1. The summed E-state index contributed by atoms with van der Waals surface area (Å²) in [5.41, 5.74) is 2.39. The fourth-order valence-corrected chi connectivity index (χ4v) is 2.59. The topological polar surface area (TPSA) is 64.0 Å². The molecule has 0 unspecified atom stereocenters. The molecule has 1 aromatic carbocycles. The van der Waals surface area contributed by atoms with Gasteiger partial charge in [-0.2, -0.15) is 0 Å². The maximum absolute atomic E-state index is 12.1. The van der Waals surface area contributed by atoms with Gasteiger partial charge in [0.1, 0.15) is 0 Å². The largest absolute Gasteiger partial charge is 0.346 e. The van der Waals surface area contributed by atoms with Gasteiger partial charge in [-0.25, -0.2) is 0 Å². The van der Waals surface area contributed by atoms with Gasteiger partial charge in [-0.15, -0.1) is 0 Å². The predicted octanol–water partition coefficient (Wildman–Crippen LogP) is 3.27. The molecule has 0 saturated carbocycles. The average Bonchev–Trinajstić information content (AvgIpc) is 2.93. The number of benzene rings is 1. The standard InChI is InChI=1S/C18H17N3O2/c1-13(22)16-12-21(17-5-3-2-4-15(16)17)11-8-18(23)20-14-6-9-19-10-7-14/h2-7,9-10,12H,8,11H2,1H3,(H,19,20,23). The van der Waals surface area contributed by atoms with Crippen molar-refractivity contribution in [2.45, 2.75) is 19.9 Å². The van der Waals surface area contributed by atoms with Crippen molar-refractivity contribution in [3.05, 3.63) is 60.6 Å². The Kier molecular flexibility index (Phi) is 4.19. The number of hydrogen-bond acceptors (Lipinski definition) is 3. The molecular formula is C18H17N3O2. The van der Waals surface area contributed by atoms with Crippen LogP contribution in [-0.4, -0.2) is 21.2 Å². The number of pyridine rings is 1. The second-order valence-corrected chi connectivity index (χ2v) is 5.34. The van der Waals surface area contributed by atoms with E-state index < -0.39 is 0 Å². The highest BCUT2D eigenvalue weighted by Gasteiger charge is 2.12. The van der Waals surface area contributed by atoms with Gasteiger partial charge in [-0.1, -0.05) is 18.2 Å². The molecule has 5 nitrogen and oxygen atoms in total. The van der Waals surface area contributed by atoms with E-state index in [1.165, 1.54) is 0 Å². The lowest BCUT2D eigenvalue weighted by Gasteiger charge is -2.07. The minimum atomic E-state index is -0.0710. The van der Waals surface area contributed by atoms with Gasteiger partial charge in [0.2, 0.25) is 5.91 Å². The van der Waals surface area contributed by atoms with Gasteiger partial charge in [0.15, 0.2) is 5.78 Å². The molecule has 3 rings (SSSR count). The Balaban J connectivity index is 1.74. The van der Waals surface area contributed by atoms with E-state index >= 15 is 0 Å². The summed E-state index contributed by atoms with van der Waals surface area (Å²) in [7, 11) is 0. The molecule has 2 aromatic heterocycles. The number of nitrogens with zero attached hydrogens (tertiary/aromatic N) is 2. The molecule has 0 fully saturated rings. The zero-order chi connectivity index (χ0) is 16.2. The number of ketones is 1. The Bertz CT molecular complexity index is 853. The Labute approximate surface area is 134 Å². The van der Waals surface area contributed by atoms with E-state index in [0.717, 1.165) is 16.6 Å². The van der Waals surface area contributed by atoms with Crippen LogP contribution >= 0.6 is 0 Å². The lowest BCUT2D eigenvalue weighted by molar-refractivity contribution is -0.116. The normalized spacial score (nSPS) is 10.7. The number of anilines is 1. The van der Waals surface area contributed by atoms with Crippen LogP contribution in [0.5, 0.6) is 0 Å². The maximum atomic E-state index is 12.1. The first-order valence-corrected chi connectivity index (χ1v) is 7.44. The van der Waals surface area contributed by atoms with Crippen LogP contribution in [-0.2, 0) is 11.3 Å². The second-order valence-electron chi connectivity index (χ2n) is 5.34. The number of carbonyl (C=O) groups excluding carboxylic acids is 2. The monoisotopic (exact) mass is 307 g/mol. The number of amides is 1. The van der Waals surface area contributed by atoms with Crippen LogP contribution in [0.3, 0.4) is 0 Å². The van der Waals surface area contributed by atoms with Crippen LogP contribution in [0.1, 0.15) is 23.7 Å². The minimum absolute atomic E-state index is 0.0289. The first-order chi connectivity index (χ1) is 11.1. The molecule has 0 aliphatic carbocycles. The molecule has 1 N–H and O–H groups in total. The summed E-state index contributed by atoms with van der Waals surface area (Å²) in [5.74, 6) is -0.0421. The molecule has 3 aromatic rings. The first kappa shape index (κ1) is 15.0. The summed E-state index contributed by atoms with van der Waals surface area (Å²) in [6.07, 6.45) is 5.42. The van der Waals surface area contributed by atoms with Crippen molar-refractivity contribution in [1.82, 2.24) is 9.55 Å². The summed E-state index contributed by atoms with van der Waals surface area (Å²) in [6.45, 7) is 2.08. The summed E-state index contributed by atoms with van der Waals surface area (Å²) in [4.78, 5) is 27.7. The fourth-order valence-electron chi connectivity index (χ4n) is 2.59. The maximum Gasteiger partial charge on any atom is 0.226 e. The Morgan fingerprint density at radius 1 is 1.13 bits per heavy atom. The molecule has 2 heterocycles.